The molecule has 112 valence electrons. The van der Waals surface area contributed by atoms with Crippen molar-refractivity contribution in [3.63, 3.8) is 0 Å². The quantitative estimate of drug-likeness (QED) is 0.895. The molecule has 3 unspecified atom stereocenters. The molecule has 2 rings (SSSR count). The van der Waals surface area contributed by atoms with Crippen molar-refractivity contribution >= 4 is 15.9 Å². The Morgan fingerprint density at radius 2 is 2.25 bits per heavy atom. The lowest BCUT2D eigenvalue weighted by molar-refractivity contribution is 0.0885. The molecule has 1 saturated heterocycles. The van der Waals surface area contributed by atoms with Crippen molar-refractivity contribution in [1.29, 1.82) is 0 Å². The number of nitrogens with one attached hydrogen (secondary N) is 1. The molecule has 0 saturated carbocycles. The Morgan fingerprint density at radius 1 is 1.50 bits per heavy atom. The lowest BCUT2D eigenvalue weighted by Crippen LogP contribution is -2.57. The molecule has 1 aromatic rings. The van der Waals surface area contributed by atoms with Crippen molar-refractivity contribution in [3.8, 4) is 0 Å². The van der Waals surface area contributed by atoms with E-state index in [-0.39, 0.29) is 5.82 Å². The van der Waals surface area contributed by atoms with Crippen LogP contribution in [0.5, 0.6) is 0 Å². The van der Waals surface area contributed by atoms with Gasteiger partial charge in [-0.25, -0.2) is 4.39 Å². The number of hydrogen-bond acceptors (Lipinski definition) is 2. The average molecular weight is 343 g/mol. The maximum absolute atomic E-state index is 13.3. The summed E-state index contributed by atoms with van der Waals surface area (Å²) in [4.78, 5) is 2.54. The van der Waals surface area contributed by atoms with Gasteiger partial charge in [0, 0.05) is 31.7 Å². The largest absolute Gasteiger partial charge is 0.311 e. The van der Waals surface area contributed by atoms with Crippen LogP contribution < -0.4 is 5.32 Å². The molecule has 1 fully saturated rings. The molecule has 4 heteroatoms. The van der Waals surface area contributed by atoms with Gasteiger partial charge in [0.15, 0.2) is 0 Å². The first-order valence-corrected chi connectivity index (χ1v) is 8.22. The van der Waals surface area contributed by atoms with E-state index in [4.69, 9.17) is 0 Å². The van der Waals surface area contributed by atoms with Crippen molar-refractivity contribution in [2.24, 2.45) is 5.92 Å². The number of rotatable bonds is 4. The summed E-state index contributed by atoms with van der Waals surface area (Å²) in [5, 5.41) is 3.57. The zero-order chi connectivity index (χ0) is 14.7. The van der Waals surface area contributed by atoms with Crippen LogP contribution >= 0.6 is 15.9 Å². The molecule has 1 N–H and O–H groups in total. The molecule has 3 atom stereocenters. The highest BCUT2D eigenvalue weighted by atomic mass is 79.9. The Hall–Kier alpha value is -0.450. The van der Waals surface area contributed by atoms with E-state index in [9.17, 15) is 4.39 Å². The number of benzene rings is 1. The maximum atomic E-state index is 13.3. The molecule has 20 heavy (non-hydrogen) atoms. The van der Waals surface area contributed by atoms with Crippen LogP contribution in [0.25, 0.3) is 0 Å². The van der Waals surface area contributed by atoms with Gasteiger partial charge >= 0.3 is 0 Å². The van der Waals surface area contributed by atoms with Crippen molar-refractivity contribution in [2.45, 2.75) is 45.8 Å². The molecule has 1 aromatic carbocycles. The summed E-state index contributed by atoms with van der Waals surface area (Å²) in [6.45, 7) is 9.76. The van der Waals surface area contributed by atoms with Crippen LogP contribution in [0.4, 0.5) is 4.39 Å². The van der Waals surface area contributed by atoms with Crippen molar-refractivity contribution < 1.29 is 4.39 Å². The van der Waals surface area contributed by atoms with Crippen LogP contribution in [0.2, 0.25) is 0 Å². The summed E-state index contributed by atoms with van der Waals surface area (Å²) >= 11 is 3.27. The van der Waals surface area contributed by atoms with Crippen molar-refractivity contribution in [2.75, 3.05) is 13.1 Å². The predicted molar refractivity (Wildman–Crippen MR) is 85.2 cm³/mol. The first kappa shape index (κ1) is 15.9. The number of piperazine rings is 1. The van der Waals surface area contributed by atoms with Crippen molar-refractivity contribution in [3.05, 3.63) is 34.1 Å². The van der Waals surface area contributed by atoms with Gasteiger partial charge in [-0.3, -0.25) is 4.90 Å². The van der Waals surface area contributed by atoms with E-state index in [1.165, 1.54) is 12.0 Å². The number of nitrogens with zero attached hydrogens (tertiary/aromatic N) is 1. The average Bonchev–Trinajstić information content (AvgIpc) is 2.42. The van der Waals surface area contributed by atoms with Crippen LogP contribution in [0.3, 0.4) is 0 Å². The van der Waals surface area contributed by atoms with Crippen LogP contribution in [-0.4, -0.2) is 30.1 Å². The molecule has 0 bridgehead atoms. The zero-order valence-corrected chi connectivity index (χ0v) is 14.1. The lowest BCUT2D eigenvalue weighted by Gasteiger charge is -2.42. The fourth-order valence-electron chi connectivity index (χ4n) is 2.89. The van der Waals surface area contributed by atoms with Gasteiger partial charge in [-0.15, -0.1) is 0 Å². The Morgan fingerprint density at radius 3 is 2.90 bits per heavy atom. The molecule has 0 aliphatic carbocycles. The summed E-state index contributed by atoms with van der Waals surface area (Å²) in [6.07, 6.45) is 1.18. The molecule has 0 radical (unpaired) electrons. The Balaban J connectivity index is 2.12. The summed E-state index contributed by atoms with van der Waals surface area (Å²) < 4.78 is 13.9. The highest BCUT2D eigenvalue weighted by Crippen LogP contribution is 2.23. The summed E-state index contributed by atoms with van der Waals surface area (Å²) in [7, 11) is 0. The lowest BCUT2D eigenvalue weighted by atomic mass is 9.94. The first-order valence-electron chi connectivity index (χ1n) is 7.42. The second-order valence-corrected chi connectivity index (χ2v) is 6.79. The van der Waals surface area contributed by atoms with E-state index < -0.39 is 0 Å². The van der Waals surface area contributed by atoms with E-state index >= 15 is 0 Å². The zero-order valence-electron chi connectivity index (χ0n) is 12.5. The Kier molecular flexibility index (Phi) is 5.58. The van der Waals surface area contributed by atoms with Crippen molar-refractivity contribution in [1.82, 2.24) is 10.2 Å². The smallest absolute Gasteiger partial charge is 0.137 e. The third-order valence-electron chi connectivity index (χ3n) is 4.32. The van der Waals surface area contributed by atoms with E-state index in [2.05, 4.69) is 46.9 Å². The second-order valence-electron chi connectivity index (χ2n) is 5.94. The molecule has 0 amide bonds. The minimum Gasteiger partial charge on any atom is -0.311 e. The first-order chi connectivity index (χ1) is 9.51. The molecular weight excluding hydrogens is 319 g/mol. The highest BCUT2D eigenvalue weighted by molar-refractivity contribution is 9.10. The van der Waals surface area contributed by atoms with Gasteiger partial charge in [-0.05, 0) is 46.5 Å². The van der Waals surface area contributed by atoms with Crippen LogP contribution in [0.1, 0.15) is 32.8 Å². The van der Waals surface area contributed by atoms with Gasteiger partial charge in [0.05, 0.1) is 4.47 Å². The maximum Gasteiger partial charge on any atom is 0.137 e. The Labute approximate surface area is 129 Å². The molecule has 1 aliphatic heterocycles. The van der Waals surface area contributed by atoms with Gasteiger partial charge in [0.25, 0.3) is 0 Å². The van der Waals surface area contributed by atoms with Gasteiger partial charge in [-0.2, -0.15) is 0 Å². The fourth-order valence-corrected chi connectivity index (χ4v) is 3.32. The minimum absolute atomic E-state index is 0.194. The summed E-state index contributed by atoms with van der Waals surface area (Å²) in [5.74, 6) is 0.472. The van der Waals surface area contributed by atoms with Gasteiger partial charge in [-0.1, -0.05) is 26.3 Å². The molecule has 0 spiro atoms. The molecule has 1 heterocycles. The fraction of sp³-hybridized carbons (Fsp3) is 0.625. The van der Waals surface area contributed by atoms with E-state index in [1.54, 1.807) is 6.07 Å². The third-order valence-corrected chi connectivity index (χ3v) is 4.93. The molecule has 2 nitrogen and oxygen atoms in total. The second kappa shape index (κ2) is 7.01. The van der Waals surface area contributed by atoms with Crippen LogP contribution in [0, 0.1) is 11.7 Å². The SMILES string of the molecule is CCC(C)C1CNC(C)CN1Cc1ccc(F)c(Br)c1. The number of halogens is 2. The topological polar surface area (TPSA) is 15.3 Å². The molecular formula is C16H24BrFN2. The standard InChI is InChI=1S/C16H24BrFN2/c1-4-11(2)16-8-19-12(3)9-20(16)10-13-5-6-15(18)14(17)7-13/h5-7,11-12,16,19H,4,8-10H2,1-3H3. The van der Waals surface area contributed by atoms with E-state index in [0.29, 0.717) is 22.5 Å². The third kappa shape index (κ3) is 3.80. The monoisotopic (exact) mass is 342 g/mol. The summed E-state index contributed by atoms with van der Waals surface area (Å²) in [6, 6.07) is 6.40. The Bertz CT molecular complexity index is 452. The normalized spacial score (nSPS) is 25.6. The van der Waals surface area contributed by atoms with Gasteiger partial charge in [0.2, 0.25) is 0 Å². The van der Waals surface area contributed by atoms with E-state index in [1.807, 2.05) is 12.1 Å². The predicted octanol–water partition coefficient (Wildman–Crippen LogP) is 3.80. The van der Waals surface area contributed by atoms with Gasteiger partial charge < -0.3 is 5.32 Å². The summed E-state index contributed by atoms with van der Waals surface area (Å²) in [5.41, 5.74) is 1.17. The molecule has 1 aliphatic rings. The van der Waals surface area contributed by atoms with Crippen LogP contribution in [0.15, 0.2) is 22.7 Å². The minimum atomic E-state index is -0.194. The number of hydrogen-bond donors (Lipinski definition) is 1. The molecule has 0 aromatic heterocycles. The van der Waals surface area contributed by atoms with Crippen LogP contribution in [-0.2, 0) is 6.54 Å². The van der Waals surface area contributed by atoms with Gasteiger partial charge in [0.1, 0.15) is 5.82 Å². The van der Waals surface area contributed by atoms with E-state index in [0.717, 1.165) is 19.6 Å². The highest BCUT2D eigenvalue weighted by Gasteiger charge is 2.29.